The molecule has 0 radical (unpaired) electrons. The molecule has 0 aliphatic rings. The van der Waals surface area contributed by atoms with Crippen molar-refractivity contribution < 1.29 is 17.3 Å². The zero-order valence-corrected chi connectivity index (χ0v) is 18.7. The average Bonchev–Trinajstić information content (AvgIpc) is 2.69. The van der Waals surface area contributed by atoms with Crippen molar-refractivity contribution in [1.82, 2.24) is 0 Å². The number of nitrogens with zero attached hydrogens (tertiary/aromatic N) is 1. The molecule has 156 valence electrons. The molecule has 0 spiro atoms. The first-order valence-electron chi connectivity index (χ1n) is 9.19. The van der Waals surface area contributed by atoms with Crippen molar-refractivity contribution in [2.24, 2.45) is 4.99 Å². The molecule has 5 nitrogen and oxygen atoms in total. The van der Waals surface area contributed by atoms with Crippen LogP contribution in [0.2, 0.25) is 5.02 Å². The number of rotatable bonds is 6. The lowest BCUT2D eigenvalue weighted by Crippen LogP contribution is -2.11. The molecule has 0 aliphatic carbocycles. The number of aryl methyl sites for hydroxylation is 3. The summed E-state index contributed by atoms with van der Waals surface area (Å²) in [5.74, 6) is 0.128. The van der Waals surface area contributed by atoms with Crippen molar-refractivity contribution >= 4 is 33.6 Å². The highest BCUT2D eigenvalue weighted by Gasteiger charge is 2.22. The van der Waals surface area contributed by atoms with Gasteiger partial charge in [-0.15, -0.1) is 0 Å². The third kappa shape index (κ3) is 5.01. The fraction of sp³-hybridized carbons (Fsp3) is 0.174. The van der Waals surface area contributed by atoms with Crippen LogP contribution in [0.3, 0.4) is 0 Å². The quantitative estimate of drug-likeness (QED) is 0.357. The Morgan fingerprint density at radius 3 is 2.23 bits per heavy atom. The number of aliphatic imine (C=N–C) groups is 1. The van der Waals surface area contributed by atoms with Crippen LogP contribution in [0.15, 0.2) is 64.5 Å². The van der Waals surface area contributed by atoms with Gasteiger partial charge in [-0.2, -0.15) is 8.42 Å². The van der Waals surface area contributed by atoms with Crippen molar-refractivity contribution in [3.05, 3.63) is 81.9 Å². The molecule has 0 aromatic heterocycles. The van der Waals surface area contributed by atoms with E-state index in [0.717, 1.165) is 22.4 Å². The molecule has 0 aliphatic heterocycles. The van der Waals surface area contributed by atoms with Gasteiger partial charge in [-0.05, 0) is 62.2 Å². The number of benzene rings is 3. The normalized spacial score (nSPS) is 11.6. The van der Waals surface area contributed by atoms with Crippen LogP contribution in [0.25, 0.3) is 0 Å². The molecule has 0 saturated heterocycles. The fourth-order valence-electron chi connectivity index (χ4n) is 2.85. The lowest BCUT2D eigenvalue weighted by Gasteiger charge is -2.13. The van der Waals surface area contributed by atoms with Crippen molar-refractivity contribution in [3.8, 4) is 11.5 Å². The Hall–Kier alpha value is -2.83. The smallest absolute Gasteiger partial charge is 0.339 e. The topological polar surface area (TPSA) is 65.0 Å². The zero-order chi connectivity index (χ0) is 21.9. The van der Waals surface area contributed by atoms with E-state index in [4.69, 9.17) is 20.5 Å². The summed E-state index contributed by atoms with van der Waals surface area (Å²) in [5, 5.41) is 0.104. The first kappa shape index (κ1) is 21.9. The van der Waals surface area contributed by atoms with E-state index in [1.165, 1.54) is 19.2 Å². The molecular formula is C23H22ClNO4S. The van der Waals surface area contributed by atoms with Crippen LogP contribution in [0.5, 0.6) is 11.5 Å². The zero-order valence-electron chi connectivity index (χ0n) is 17.1. The van der Waals surface area contributed by atoms with E-state index in [2.05, 4.69) is 4.99 Å². The van der Waals surface area contributed by atoms with E-state index in [1.807, 2.05) is 39.0 Å². The molecule has 0 fully saturated rings. The number of ether oxygens (including phenoxy) is 1. The van der Waals surface area contributed by atoms with Gasteiger partial charge in [-0.3, -0.25) is 4.99 Å². The highest BCUT2D eigenvalue weighted by Crippen LogP contribution is 2.38. The molecule has 3 aromatic rings. The molecule has 0 bridgehead atoms. The van der Waals surface area contributed by atoms with Gasteiger partial charge in [0, 0.05) is 6.21 Å². The Morgan fingerprint density at radius 1 is 0.933 bits per heavy atom. The summed E-state index contributed by atoms with van der Waals surface area (Å²) < 4.78 is 35.9. The monoisotopic (exact) mass is 443 g/mol. The first-order valence-corrected chi connectivity index (χ1v) is 11.0. The van der Waals surface area contributed by atoms with Gasteiger partial charge in [-0.1, -0.05) is 47.0 Å². The van der Waals surface area contributed by atoms with Gasteiger partial charge in [0.1, 0.15) is 4.90 Å². The van der Waals surface area contributed by atoms with Gasteiger partial charge in [0.2, 0.25) is 5.75 Å². The van der Waals surface area contributed by atoms with Crippen LogP contribution < -0.4 is 8.92 Å². The van der Waals surface area contributed by atoms with Crippen LogP contribution in [-0.4, -0.2) is 21.7 Å². The summed E-state index contributed by atoms with van der Waals surface area (Å²) in [5.41, 5.74) is 4.63. The summed E-state index contributed by atoms with van der Waals surface area (Å²) >= 11 is 6.33. The summed E-state index contributed by atoms with van der Waals surface area (Å²) in [6.45, 7) is 5.88. The second kappa shape index (κ2) is 8.90. The van der Waals surface area contributed by atoms with Crippen molar-refractivity contribution in [2.45, 2.75) is 25.7 Å². The van der Waals surface area contributed by atoms with Crippen LogP contribution in [0.4, 0.5) is 5.69 Å². The number of halogens is 1. The third-order valence-corrected chi connectivity index (χ3v) is 5.98. The van der Waals surface area contributed by atoms with E-state index in [0.29, 0.717) is 5.56 Å². The van der Waals surface area contributed by atoms with Gasteiger partial charge < -0.3 is 8.92 Å². The molecule has 0 heterocycles. The maximum absolute atomic E-state index is 12.6. The minimum absolute atomic E-state index is 0.0340. The second-order valence-electron chi connectivity index (χ2n) is 6.93. The Morgan fingerprint density at radius 2 is 1.60 bits per heavy atom. The summed E-state index contributed by atoms with van der Waals surface area (Å²) in [6, 6.07) is 15.5. The SMILES string of the molecule is COc1cc(C=Nc2ccc(C)cc2C)cc(Cl)c1OS(=O)(=O)c1ccc(C)cc1. The molecule has 7 heteroatoms. The van der Waals surface area contributed by atoms with E-state index < -0.39 is 10.1 Å². The van der Waals surface area contributed by atoms with Gasteiger partial charge in [-0.25, -0.2) is 0 Å². The maximum atomic E-state index is 12.6. The summed E-state index contributed by atoms with van der Waals surface area (Å²) in [7, 11) is -2.64. The molecule has 30 heavy (non-hydrogen) atoms. The molecule has 0 amide bonds. The van der Waals surface area contributed by atoms with E-state index in [9.17, 15) is 8.42 Å². The Balaban J connectivity index is 1.92. The summed E-state index contributed by atoms with van der Waals surface area (Å²) in [6.07, 6.45) is 1.64. The lowest BCUT2D eigenvalue weighted by atomic mass is 10.1. The van der Waals surface area contributed by atoms with Crippen LogP contribution >= 0.6 is 11.6 Å². The molecule has 0 saturated carbocycles. The molecular weight excluding hydrogens is 422 g/mol. The fourth-order valence-corrected chi connectivity index (χ4v) is 4.11. The van der Waals surface area contributed by atoms with E-state index >= 15 is 0 Å². The molecule has 0 atom stereocenters. The predicted octanol–water partition coefficient (Wildman–Crippen LogP) is 5.79. The van der Waals surface area contributed by atoms with Gasteiger partial charge in [0.25, 0.3) is 0 Å². The number of methoxy groups -OCH3 is 1. The van der Waals surface area contributed by atoms with Crippen LogP contribution in [-0.2, 0) is 10.1 Å². The maximum Gasteiger partial charge on any atom is 0.339 e. The van der Waals surface area contributed by atoms with Crippen LogP contribution in [0, 0.1) is 20.8 Å². The standard InChI is InChI=1S/C23H22ClNO4S/c1-15-5-8-19(9-6-15)30(26,27)29-23-20(24)12-18(13-22(23)28-4)14-25-21-10-7-16(2)11-17(21)3/h5-14H,1-4H3. The predicted molar refractivity (Wildman–Crippen MR) is 120 cm³/mol. The second-order valence-corrected chi connectivity index (χ2v) is 8.89. The largest absolute Gasteiger partial charge is 0.493 e. The van der Waals surface area contributed by atoms with Crippen molar-refractivity contribution in [3.63, 3.8) is 0 Å². The Bertz CT molecular complexity index is 1200. The van der Waals surface area contributed by atoms with Gasteiger partial charge >= 0.3 is 10.1 Å². The minimum atomic E-state index is -4.06. The van der Waals surface area contributed by atoms with E-state index in [-0.39, 0.29) is 21.4 Å². The lowest BCUT2D eigenvalue weighted by molar-refractivity contribution is 0.390. The summed E-state index contributed by atoms with van der Waals surface area (Å²) in [4.78, 5) is 4.53. The number of hydrogen-bond donors (Lipinski definition) is 0. The van der Waals surface area contributed by atoms with Gasteiger partial charge in [0.05, 0.1) is 17.8 Å². The van der Waals surface area contributed by atoms with Crippen molar-refractivity contribution in [2.75, 3.05) is 7.11 Å². The van der Waals surface area contributed by atoms with Gasteiger partial charge in [0.15, 0.2) is 5.75 Å². The molecule has 3 rings (SSSR count). The third-order valence-electron chi connectivity index (χ3n) is 4.46. The highest BCUT2D eigenvalue weighted by molar-refractivity contribution is 7.87. The van der Waals surface area contributed by atoms with Crippen LogP contribution in [0.1, 0.15) is 22.3 Å². The number of hydrogen-bond acceptors (Lipinski definition) is 5. The van der Waals surface area contributed by atoms with E-state index in [1.54, 1.807) is 30.5 Å². The Labute approximate surface area is 182 Å². The molecule has 3 aromatic carbocycles. The molecule has 0 N–H and O–H groups in total. The Kier molecular flexibility index (Phi) is 6.48. The highest BCUT2D eigenvalue weighted by atomic mass is 35.5. The molecule has 0 unspecified atom stereocenters. The first-order chi connectivity index (χ1) is 14.2. The van der Waals surface area contributed by atoms with Crippen molar-refractivity contribution in [1.29, 1.82) is 0 Å². The average molecular weight is 444 g/mol. The minimum Gasteiger partial charge on any atom is -0.493 e.